The van der Waals surface area contributed by atoms with Crippen molar-refractivity contribution in [1.29, 1.82) is 0 Å². The average Bonchev–Trinajstić information content (AvgIpc) is 2.95. The van der Waals surface area contributed by atoms with Crippen LogP contribution >= 0.6 is 0 Å². The first kappa shape index (κ1) is 15.8. The lowest BCUT2D eigenvalue weighted by Gasteiger charge is -2.24. The maximum absolute atomic E-state index is 12.5. The van der Waals surface area contributed by atoms with Crippen molar-refractivity contribution in [3.05, 3.63) is 29.8 Å². The number of phenolic OH excluding ortho intramolecular Hbond substituents is 1. The second kappa shape index (κ2) is 7.43. The van der Waals surface area contributed by atoms with Gasteiger partial charge in [0.1, 0.15) is 5.75 Å². The number of carbonyl (C=O) groups excluding carboxylic acids is 1. The Kier molecular flexibility index (Phi) is 5.59. The van der Waals surface area contributed by atoms with Crippen molar-refractivity contribution >= 4 is 5.91 Å². The maximum atomic E-state index is 12.5. The fourth-order valence-corrected chi connectivity index (χ4v) is 2.56. The minimum absolute atomic E-state index is 0.106. The molecular formula is C16H24N2O3. The molecule has 2 N–H and O–H groups in total. The molecule has 1 fully saturated rings. The first-order valence-corrected chi connectivity index (χ1v) is 7.45. The highest BCUT2D eigenvalue weighted by Gasteiger charge is 2.35. The van der Waals surface area contributed by atoms with E-state index in [0.29, 0.717) is 19.8 Å². The number of benzene rings is 1. The largest absolute Gasteiger partial charge is 0.508 e. The Hall–Kier alpha value is -1.59. The lowest BCUT2D eigenvalue weighted by molar-refractivity contribution is -0.135. The summed E-state index contributed by atoms with van der Waals surface area (Å²) < 4.78 is 5.46. The van der Waals surface area contributed by atoms with Crippen molar-refractivity contribution in [3.8, 4) is 5.75 Å². The molecule has 1 aliphatic heterocycles. The number of carbonyl (C=O) groups is 1. The second-order valence-corrected chi connectivity index (χ2v) is 5.57. The lowest BCUT2D eigenvalue weighted by Crippen LogP contribution is -2.44. The number of rotatable bonds is 6. The van der Waals surface area contributed by atoms with Crippen LogP contribution in [0.25, 0.3) is 0 Å². The van der Waals surface area contributed by atoms with Gasteiger partial charge in [-0.15, -0.1) is 0 Å². The number of ether oxygens (including phenoxy) is 1. The van der Waals surface area contributed by atoms with Gasteiger partial charge in [0.25, 0.3) is 0 Å². The molecule has 0 radical (unpaired) electrons. The smallest absolute Gasteiger partial charge is 0.229 e. The third kappa shape index (κ3) is 4.19. The van der Waals surface area contributed by atoms with Crippen molar-refractivity contribution in [2.75, 3.05) is 26.8 Å². The van der Waals surface area contributed by atoms with E-state index in [1.165, 1.54) is 0 Å². The van der Waals surface area contributed by atoms with Crippen molar-refractivity contribution in [1.82, 2.24) is 10.2 Å². The van der Waals surface area contributed by atoms with E-state index in [4.69, 9.17) is 4.74 Å². The molecular weight excluding hydrogens is 268 g/mol. The van der Waals surface area contributed by atoms with Gasteiger partial charge in [-0.2, -0.15) is 0 Å². The normalized spacial score (nSPS) is 21.4. The highest BCUT2D eigenvalue weighted by atomic mass is 16.5. The van der Waals surface area contributed by atoms with Gasteiger partial charge in [-0.1, -0.05) is 19.1 Å². The summed E-state index contributed by atoms with van der Waals surface area (Å²) >= 11 is 0. The van der Waals surface area contributed by atoms with E-state index in [0.717, 1.165) is 18.5 Å². The van der Waals surface area contributed by atoms with E-state index in [-0.39, 0.29) is 23.6 Å². The third-order valence-electron chi connectivity index (χ3n) is 3.79. The molecule has 21 heavy (non-hydrogen) atoms. The summed E-state index contributed by atoms with van der Waals surface area (Å²) in [5, 5.41) is 12.7. The summed E-state index contributed by atoms with van der Waals surface area (Å²) in [6.45, 7) is 4.63. The first-order valence-electron chi connectivity index (χ1n) is 7.45. The van der Waals surface area contributed by atoms with Crippen LogP contribution in [-0.2, 0) is 16.1 Å². The SMILES string of the molecule is CCCNC1COCC1C(=O)N(C)Cc1ccc(O)cc1. The number of nitrogens with zero attached hydrogens (tertiary/aromatic N) is 1. The topological polar surface area (TPSA) is 61.8 Å². The van der Waals surface area contributed by atoms with Crippen LogP contribution in [0, 0.1) is 5.92 Å². The zero-order valence-corrected chi connectivity index (χ0v) is 12.7. The number of aromatic hydroxyl groups is 1. The van der Waals surface area contributed by atoms with Crippen LogP contribution in [0.1, 0.15) is 18.9 Å². The number of phenols is 1. The fourth-order valence-electron chi connectivity index (χ4n) is 2.56. The number of amides is 1. The molecule has 2 unspecified atom stereocenters. The van der Waals surface area contributed by atoms with Gasteiger partial charge in [0, 0.05) is 19.6 Å². The standard InChI is InChI=1S/C16H24N2O3/c1-3-8-17-15-11-21-10-14(15)16(20)18(2)9-12-4-6-13(19)7-5-12/h4-7,14-15,17,19H,3,8-11H2,1-2H3. The van der Waals surface area contributed by atoms with E-state index in [1.807, 2.05) is 19.2 Å². The Balaban J connectivity index is 1.93. The molecule has 2 atom stereocenters. The third-order valence-corrected chi connectivity index (χ3v) is 3.79. The van der Waals surface area contributed by atoms with Gasteiger partial charge in [-0.05, 0) is 30.7 Å². The predicted molar refractivity (Wildman–Crippen MR) is 81.0 cm³/mol. The molecule has 1 saturated heterocycles. The van der Waals surface area contributed by atoms with Crippen LogP contribution in [0.15, 0.2) is 24.3 Å². The highest BCUT2D eigenvalue weighted by Crippen LogP contribution is 2.18. The molecule has 1 heterocycles. The van der Waals surface area contributed by atoms with Crippen molar-refractivity contribution in [2.24, 2.45) is 5.92 Å². The molecule has 0 aromatic heterocycles. The minimum Gasteiger partial charge on any atom is -0.508 e. The molecule has 5 heteroatoms. The van der Waals surface area contributed by atoms with Crippen LogP contribution in [0.4, 0.5) is 0 Å². The van der Waals surface area contributed by atoms with E-state index in [9.17, 15) is 9.90 Å². The maximum Gasteiger partial charge on any atom is 0.229 e. The molecule has 5 nitrogen and oxygen atoms in total. The molecule has 1 aromatic rings. The summed E-state index contributed by atoms with van der Waals surface area (Å²) in [7, 11) is 1.81. The van der Waals surface area contributed by atoms with Crippen LogP contribution < -0.4 is 5.32 Å². The molecule has 0 bridgehead atoms. The van der Waals surface area contributed by atoms with Crippen LogP contribution in [-0.4, -0.2) is 48.8 Å². The Morgan fingerprint density at radius 3 is 2.76 bits per heavy atom. The molecule has 1 aliphatic rings. The summed E-state index contributed by atoms with van der Waals surface area (Å²) in [4.78, 5) is 14.3. The van der Waals surface area contributed by atoms with Gasteiger partial charge in [-0.25, -0.2) is 0 Å². The molecule has 0 aliphatic carbocycles. The van der Waals surface area contributed by atoms with Gasteiger partial charge in [0.15, 0.2) is 0 Å². The summed E-state index contributed by atoms with van der Waals surface area (Å²) in [5.74, 6) is 0.230. The van der Waals surface area contributed by atoms with Crippen molar-refractivity contribution in [2.45, 2.75) is 25.9 Å². The van der Waals surface area contributed by atoms with Gasteiger partial charge in [0.05, 0.1) is 19.1 Å². The van der Waals surface area contributed by atoms with Gasteiger partial charge < -0.3 is 20.1 Å². The van der Waals surface area contributed by atoms with E-state index < -0.39 is 0 Å². The van der Waals surface area contributed by atoms with Crippen molar-refractivity contribution in [3.63, 3.8) is 0 Å². The molecule has 1 amide bonds. The van der Waals surface area contributed by atoms with Gasteiger partial charge in [0.2, 0.25) is 5.91 Å². The predicted octanol–water partition coefficient (Wildman–Crippen LogP) is 1.37. The zero-order chi connectivity index (χ0) is 15.2. The Morgan fingerprint density at radius 1 is 1.38 bits per heavy atom. The van der Waals surface area contributed by atoms with Gasteiger partial charge >= 0.3 is 0 Å². The van der Waals surface area contributed by atoms with E-state index >= 15 is 0 Å². The number of hydrogen-bond donors (Lipinski definition) is 2. The van der Waals surface area contributed by atoms with E-state index in [2.05, 4.69) is 12.2 Å². The monoisotopic (exact) mass is 292 g/mol. The fraction of sp³-hybridized carbons (Fsp3) is 0.562. The Labute approximate surface area is 125 Å². The zero-order valence-electron chi connectivity index (χ0n) is 12.7. The van der Waals surface area contributed by atoms with Crippen LogP contribution in [0.5, 0.6) is 5.75 Å². The lowest BCUT2D eigenvalue weighted by atomic mass is 10.0. The summed E-state index contributed by atoms with van der Waals surface area (Å²) in [5.41, 5.74) is 1.00. The quantitative estimate of drug-likeness (QED) is 0.831. The number of hydrogen-bond acceptors (Lipinski definition) is 4. The summed E-state index contributed by atoms with van der Waals surface area (Å²) in [6.07, 6.45) is 1.04. The summed E-state index contributed by atoms with van der Waals surface area (Å²) in [6, 6.07) is 7.05. The second-order valence-electron chi connectivity index (χ2n) is 5.57. The molecule has 116 valence electrons. The average molecular weight is 292 g/mol. The minimum atomic E-state index is -0.112. The molecule has 0 saturated carbocycles. The van der Waals surface area contributed by atoms with Gasteiger partial charge in [-0.3, -0.25) is 4.79 Å². The first-order chi connectivity index (χ1) is 10.1. The van der Waals surface area contributed by atoms with Crippen LogP contribution in [0.3, 0.4) is 0 Å². The van der Waals surface area contributed by atoms with Crippen molar-refractivity contribution < 1.29 is 14.6 Å². The Bertz CT molecular complexity index is 461. The van der Waals surface area contributed by atoms with Crippen LogP contribution in [0.2, 0.25) is 0 Å². The highest BCUT2D eigenvalue weighted by molar-refractivity contribution is 5.79. The van der Waals surface area contributed by atoms with E-state index in [1.54, 1.807) is 17.0 Å². The molecule has 0 spiro atoms. The number of nitrogens with one attached hydrogen (secondary N) is 1. The molecule has 1 aromatic carbocycles. The Morgan fingerprint density at radius 2 is 2.10 bits per heavy atom. The molecule has 2 rings (SSSR count).